The number of carbonyl (C=O) groups is 2. The number of amides is 1. The van der Waals surface area contributed by atoms with E-state index in [0.717, 1.165) is 42.1 Å². The largest absolute Gasteiger partial charge is 0.465 e. The number of hydrogen-bond acceptors (Lipinski definition) is 4. The topological polar surface area (TPSA) is 68.3 Å². The quantitative estimate of drug-likeness (QED) is 0.522. The number of methoxy groups -OCH3 is 1. The second-order valence-corrected chi connectivity index (χ2v) is 8.52. The van der Waals surface area contributed by atoms with Crippen LogP contribution in [0.25, 0.3) is 10.9 Å². The van der Waals surface area contributed by atoms with Crippen LogP contribution in [0, 0.1) is 17.7 Å². The van der Waals surface area contributed by atoms with E-state index in [1.54, 1.807) is 42.6 Å². The predicted molar refractivity (Wildman–Crippen MR) is 122 cm³/mol. The van der Waals surface area contributed by atoms with Crippen molar-refractivity contribution in [2.24, 2.45) is 11.8 Å². The number of pyridine rings is 1. The summed E-state index contributed by atoms with van der Waals surface area (Å²) in [5, 5.41) is 3.84. The van der Waals surface area contributed by atoms with Gasteiger partial charge in [-0.15, -0.1) is 0 Å². The van der Waals surface area contributed by atoms with E-state index in [1.807, 2.05) is 13.0 Å². The molecule has 0 unspecified atom stereocenters. The van der Waals surface area contributed by atoms with Crippen molar-refractivity contribution >= 4 is 28.5 Å². The zero-order chi connectivity index (χ0) is 22.7. The van der Waals surface area contributed by atoms with Gasteiger partial charge in [-0.25, -0.2) is 9.18 Å². The van der Waals surface area contributed by atoms with Gasteiger partial charge in [0, 0.05) is 23.2 Å². The lowest BCUT2D eigenvalue weighted by molar-refractivity contribution is -0.121. The number of nitrogens with zero attached hydrogens (tertiary/aromatic N) is 1. The van der Waals surface area contributed by atoms with Gasteiger partial charge in [-0.2, -0.15) is 0 Å². The van der Waals surface area contributed by atoms with Crippen molar-refractivity contribution in [1.29, 1.82) is 0 Å². The van der Waals surface area contributed by atoms with Crippen molar-refractivity contribution in [3.63, 3.8) is 0 Å². The average Bonchev–Trinajstić information content (AvgIpc) is 2.83. The predicted octanol–water partition coefficient (Wildman–Crippen LogP) is 5.71. The standard InChI is InChI=1S/C26H27FN2O3/c1-16(25(30)29-21-10-7-19(8-11-21)26(31)32-2)17-3-5-18(6-4-17)22-13-14-28-24-12-9-20(27)15-23(22)24/h7-18H,3-6H2,1-2H3,(H,29,30)/t16-,17-,18+/m1/s1. The van der Waals surface area contributed by atoms with Gasteiger partial charge >= 0.3 is 5.97 Å². The molecule has 1 N–H and O–H groups in total. The lowest BCUT2D eigenvalue weighted by Crippen LogP contribution is -2.29. The molecule has 0 spiro atoms. The number of benzene rings is 2. The molecule has 1 atom stereocenters. The van der Waals surface area contributed by atoms with Crippen LogP contribution in [0.3, 0.4) is 0 Å². The summed E-state index contributed by atoms with van der Waals surface area (Å²) in [5.41, 5.74) is 3.07. The Bertz CT molecular complexity index is 1120. The minimum absolute atomic E-state index is 0.0179. The summed E-state index contributed by atoms with van der Waals surface area (Å²) in [6.07, 6.45) is 5.61. The number of nitrogens with one attached hydrogen (secondary N) is 1. The van der Waals surface area contributed by atoms with E-state index in [2.05, 4.69) is 10.3 Å². The Kier molecular flexibility index (Phi) is 6.49. The Morgan fingerprint density at radius 3 is 2.47 bits per heavy atom. The molecule has 0 saturated heterocycles. The third-order valence-corrected chi connectivity index (χ3v) is 6.64. The van der Waals surface area contributed by atoms with Crippen molar-refractivity contribution in [1.82, 2.24) is 4.98 Å². The monoisotopic (exact) mass is 434 g/mol. The van der Waals surface area contributed by atoms with Gasteiger partial charge in [-0.05, 0) is 91.6 Å². The van der Waals surface area contributed by atoms with Crippen molar-refractivity contribution < 1.29 is 18.7 Å². The number of anilines is 1. The Morgan fingerprint density at radius 1 is 1.06 bits per heavy atom. The van der Waals surface area contributed by atoms with E-state index in [4.69, 9.17) is 4.74 Å². The Labute approximate surface area is 187 Å². The normalized spacial score (nSPS) is 19.3. The second-order valence-electron chi connectivity index (χ2n) is 8.52. The summed E-state index contributed by atoms with van der Waals surface area (Å²) in [5.74, 6) is -0.147. The summed E-state index contributed by atoms with van der Waals surface area (Å²) in [7, 11) is 1.34. The van der Waals surface area contributed by atoms with Gasteiger partial charge in [0.15, 0.2) is 0 Å². The number of carbonyl (C=O) groups excluding carboxylic acids is 2. The van der Waals surface area contributed by atoms with Gasteiger partial charge in [-0.1, -0.05) is 6.92 Å². The van der Waals surface area contributed by atoms with Crippen LogP contribution in [0.4, 0.5) is 10.1 Å². The molecule has 1 aliphatic carbocycles. The highest BCUT2D eigenvalue weighted by Crippen LogP contribution is 2.41. The average molecular weight is 435 g/mol. The number of rotatable bonds is 5. The molecule has 0 bridgehead atoms. The summed E-state index contributed by atoms with van der Waals surface area (Å²) in [4.78, 5) is 28.7. The fourth-order valence-corrected chi connectivity index (χ4v) is 4.70. The van der Waals surface area contributed by atoms with Crippen LogP contribution >= 0.6 is 0 Å². The maximum absolute atomic E-state index is 13.8. The minimum atomic E-state index is -0.405. The van der Waals surface area contributed by atoms with Gasteiger partial charge in [0.25, 0.3) is 0 Å². The molecule has 1 fully saturated rings. The number of ether oxygens (including phenoxy) is 1. The van der Waals surface area contributed by atoms with Crippen LogP contribution in [-0.4, -0.2) is 24.0 Å². The highest BCUT2D eigenvalue weighted by molar-refractivity contribution is 5.94. The second kappa shape index (κ2) is 9.47. The van der Waals surface area contributed by atoms with Gasteiger partial charge in [0.05, 0.1) is 18.2 Å². The number of esters is 1. The summed E-state index contributed by atoms with van der Waals surface area (Å²) in [6, 6.07) is 13.4. The van der Waals surface area contributed by atoms with E-state index >= 15 is 0 Å². The molecule has 166 valence electrons. The van der Waals surface area contributed by atoms with E-state index in [9.17, 15) is 14.0 Å². The lowest BCUT2D eigenvalue weighted by atomic mass is 9.73. The van der Waals surface area contributed by atoms with Crippen LogP contribution < -0.4 is 5.32 Å². The summed E-state index contributed by atoms with van der Waals surface area (Å²) >= 11 is 0. The van der Waals surface area contributed by atoms with E-state index < -0.39 is 5.97 Å². The molecule has 1 heterocycles. The fraction of sp³-hybridized carbons (Fsp3) is 0.346. The molecule has 6 heteroatoms. The fourth-order valence-electron chi connectivity index (χ4n) is 4.70. The van der Waals surface area contributed by atoms with Gasteiger partial charge in [0.2, 0.25) is 5.91 Å². The first-order chi connectivity index (χ1) is 15.5. The Morgan fingerprint density at radius 2 is 1.78 bits per heavy atom. The van der Waals surface area contributed by atoms with Crippen molar-refractivity contribution in [2.75, 3.05) is 12.4 Å². The molecule has 1 aromatic heterocycles. The van der Waals surface area contributed by atoms with Gasteiger partial charge < -0.3 is 10.1 Å². The first-order valence-electron chi connectivity index (χ1n) is 11.0. The highest BCUT2D eigenvalue weighted by atomic mass is 19.1. The molecule has 2 aromatic carbocycles. The number of hydrogen-bond donors (Lipinski definition) is 1. The molecular formula is C26H27FN2O3. The zero-order valence-corrected chi connectivity index (χ0v) is 18.3. The third-order valence-electron chi connectivity index (χ3n) is 6.64. The van der Waals surface area contributed by atoms with E-state index in [0.29, 0.717) is 23.1 Å². The van der Waals surface area contributed by atoms with E-state index in [-0.39, 0.29) is 17.6 Å². The SMILES string of the molecule is COC(=O)c1ccc(NC(=O)[C@H](C)[C@H]2CC[C@@H](c3ccnc4ccc(F)cc43)CC2)cc1. The molecule has 1 amide bonds. The van der Waals surface area contributed by atoms with Crippen LogP contribution in [0.5, 0.6) is 0 Å². The zero-order valence-electron chi connectivity index (χ0n) is 18.3. The van der Waals surface area contributed by atoms with Crippen LogP contribution in [0.15, 0.2) is 54.7 Å². The lowest BCUT2D eigenvalue weighted by Gasteiger charge is -2.32. The van der Waals surface area contributed by atoms with Gasteiger partial charge in [-0.3, -0.25) is 9.78 Å². The summed E-state index contributed by atoms with van der Waals surface area (Å²) in [6.45, 7) is 1.97. The van der Waals surface area contributed by atoms with Gasteiger partial charge in [0.1, 0.15) is 5.82 Å². The molecule has 3 aromatic rings. The maximum atomic E-state index is 13.8. The van der Waals surface area contributed by atoms with Crippen molar-refractivity contribution in [2.45, 2.75) is 38.5 Å². The molecule has 0 radical (unpaired) electrons. The molecule has 4 rings (SSSR count). The highest BCUT2D eigenvalue weighted by Gasteiger charge is 2.30. The molecule has 1 saturated carbocycles. The maximum Gasteiger partial charge on any atom is 0.337 e. The molecule has 0 aliphatic heterocycles. The third kappa shape index (κ3) is 4.64. The van der Waals surface area contributed by atoms with Crippen LogP contribution in [-0.2, 0) is 9.53 Å². The Balaban J connectivity index is 1.37. The van der Waals surface area contributed by atoms with Crippen LogP contribution in [0.1, 0.15) is 54.4 Å². The van der Waals surface area contributed by atoms with Crippen molar-refractivity contribution in [3.8, 4) is 0 Å². The summed E-state index contributed by atoms with van der Waals surface area (Å²) < 4.78 is 18.5. The molecule has 5 nitrogen and oxygen atoms in total. The molecule has 32 heavy (non-hydrogen) atoms. The number of aromatic nitrogens is 1. The molecular weight excluding hydrogens is 407 g/mol. The molecule has 1 aliphatic rings. The Hall–Kier alpha value is -3.28. The van der Waals surface area contributed by atoms with E-state index in [1.165, 1.54) is 13.2 Å². The first-order valence-corrected chi connectivity index (χ1v) is 11.0. The minimum Gasteiger partial charge on any atom is -0.465 e. The smallest absolute Gasteiger partial charge is 0.337 e. The number of fused-ring (bicyclic) bond motifs is 1. The van der Waals surface area contributed by atoms with Crippen molar-refractivity contribution in [3.05, 3.63) is 71.7 Å². The number of halogens is 1. The van der Waals surface area contributed by atoms with Crippen LogP contribution in [0.2, 0.25) is 0 Å². The first kappa shape index (κ1) is 21.9.